The average Bonchev–Trinajstić information content (AvgIpc) is 2.94. The van der Waals surface area contributed by atoms with Gasteiger partial charge >= 0.3 is 0 Å². The first kappa shape index (κ1) is 40.3. The van der Waals surface area contributed by atoms with Crippen LogP contribution in [0.15, 0.2) is 0 Å². The van der Waals surface area contributed by atoms with Gasteiger partial charge in [0.2, 0.25) is 0 Å². The molecule has 0 fully saturated rings. The molecule has 0 aliphatic rings. The number of rotatable bonds is 33. The second-order valence-electron chi connectivity index (χ2n) is 12.7. The number of aliphatic hydroxyl groups is 3. The van der Waals surface area contributed by atoms with Crippen molar-refractivity contribution < 1.29 is 15.3 Å². The van der Waals surface area contributed by atoms with Crippen molar-refractivity contribution in [2.24, 2.45) is 0 Å². The summed E-state index contributed by atoms with van der Waals surface area (Å²) in [5, 5.41) is 33.4. The Bertz CT molecular complexity index is 408. The van der Waals surface area contributed by atoms with E-state index in [1.165, 1.54) is 135 Å². The van der Waals surface area contributed by atoms with E-state index in [4.69, 9.17) is 0 Å². The van der Waals surface area contributed by atoms with Gasteiger partial charge in [0.1, 0.15) is 0 Å². The molecule has 3 nitrogen and oxygen atoms in total. The monoisotopic (exact) mass is 587 g/mol. The van der Waals surface area contributed by atoms with E-state index in [9.17, 15) is 15.3 Å². The van der Waals surface area contributed by atoms with E-state index in [0.29, 0.717) is 0 Å². The summed E-state index contributed by atoms with van der Waals surface area (Å²) < 4.78 is 0. The van der Waals surface area contributed by atoms with E-state index < -0.39 is 25.5 Å². The predicted molar refractivity (Wildman–Crippen MR) is 180 cm³/mol. The van der Waals surface area contributed by atoms with Crippen LogP contribution < -0.4 is 0 Å². The van der Waals surface area contributed by atoms with Gasteiger partial charge < -0.3 is 15.3 Å². The molecule has 0 amide bonds. The van der Waals surface area contributed by atoms with Crippen LogP contribution in [0.3, 0.4) is 0 Å². The van der Waals surface area contributed by atoms with Crippen LogP contribution in [0.4, 0.5) is 0 Å². The molecule has 0 spiro atoms. The standard InChI is InChI=1S/C36H75O3P/c1-4-7-10-13-16-19-22-25-28-31-34(37)40(35(38)32-29-26-23-20-17-14-11-8-5-2)36(39)33-30-27-24-21-18-15-12-9-6-3/h34-39H,4-33H2,1-3H3. The Balaban J connectivity index is 4.40. The maximum Gasteiger partial charge on any atom is 0.0780 e. The third-order valence-corrected chi connectivity index (χ3v) is 11.6. The second kappa shape index (κ2) is 32.2. The first-order chi connectivity index (χ1) is 19.6. The summed E-state index contributed by atoms with van der Waals surface area (Å²) in [5.41, 5.74) is 0. The quantitative estimate of drug-likeness (QED) is 0.0529. The van der Waals surface area contributed by atoms with Crippen molar-refractivity contribution in [2.45, 2.75) is 231 Å². The Morgan fingerprint density at radius 1 is 0.300 bits per heavy atom. The van der Waals surface area contributed by atoms with Crippen molar-refractivity contribution in [2.75, 3.05) is 0 Å². The molecule has 0 saturated heterocycles. The number of unbranched alkanes of at least 4 members (excludes halogenated alkanes) is 24. The molecule has 0 aromatic rings. The fourth-order valence-corrected chi connectivity index (χ4v) is 8.59. The Kier molecular flexibility index (Phi) is 32.5. The van der Waals surface area contributed by atoms with Crippen molar-refractivity contribution in [1.82, 2.24) is 0 Å². The summed E-state index contributed by atoms with van der Waals surface area (Å²) in [6.45, 7) is 6.79. The first-order valence-electron chi connectivity index (χ1n) is 18.4. The van der Waals surface area contributed by atoms with Crippen molar-refractivity contribution in [3.05, 3.63) is 0 Å². The molecule has 0 saturated carbocycles. The highest BCUT2D eigenvalue weighted by molar-refractivity contribution is 7.59. The lowest BCUT2D eigenvalue weighted by Crippen LogP contribution is -2.23. The van der Waals surface area contributed by atoms with Crippen molar-refractivity contribution >= 4 is 7.92 Å². The Morgan fingerprint density at radius 3 is 0.675 bits per heavy atom. The normalized spacial score (nSPS) is 14.8. The van der Waals surface area contributed by atoms with E-state index in [-0.39, 0.29) is 0 Å². The van der Waals surface area contributed by atoms with Gasteiger partial charge in [0, 0.05) is 0 Å². The van der Waals surface area contributed by atoms with E-state index in [2.05, 4.69) is 20.8 Å². The highest BCUT2D eigenvalue weighted by atomic mass is 31.1. The molecule has 3 unspecified atom stereocenters. The van der Waals surface area contributed by atoms with Gasteiger partial charge in [-0.3, -0.25) is 0 Å². The molecule has 0 radical (unpaired) electrons. The van der Waals surface area contributed by atoms with Crippen LogP contribution >= 0.6 is 7.92 Å². The molecule has 0 aromatic carbocycles. The third kappa shape index (κ3) is 26.0. The van der Waals surface area contributed by atoms with Crippen molar-refractivity contribution in [3.8, 4) is 0 Å². The summed E-state index contributed by atoms with van der Waals surface area (Å²) in [5.74, 6) is -1.58. The Labute approximate surface area is 253 Å². The van der Waals surface area contributed by atoms with Crippen molar-refractivity contribution in [3.63, 3.8) is 0 Å². The van der Waals surface area contributed by atoms with Gasteiger partial charge in [0.15, 0.2) is 0 Å². The summed E-state index contributed by atoms with van der Waals surface area (Å²) >= 11 is 0. The zero-order valence-corrected chi connectivity index (χ0v) is 28.6. The zero-order chi connectivity index (χ0) is 29.5. The highest BCUT2D eigenvalue weighted by Crippen LogP contribution is 2.52. The van der Waals surface area contributed by atoms with Gasteiger partial charge in [0.05, 0.1) is 17.5 Å². The van der Waals surface area contributed by atoms with E-state index >= 15 is 0 Å². The number of hydrogen-bond acceptors (Lipinski definition) is 3. The van der Waals surface area contributed by atoms with Gasteiger partial charge in [-0.25, -0.2) is 0 Å². The fraction of sp³-hybridized carbons (Fsp3) is 1.00. The lowest BCUT2D eigenvalue weighted by molar-refractivity contribution is 0.177. The van der Waals surface area contributed by atoms with Crippen LogP contribution in [0.25, 0.3) is 0 Å². The van der Waals surface area contributed by atoms with Crippen LogP contribution in [0.1, 0.15) is 213 Å². The molecule has 0 aromatic heterocycles. The zero-order valence-electron chi connectivity index (χ0n) is 27.7. The Morgan fingerprint density at radius 2 is 0.475 bits per heavy atom. The molecule has 0 aliphatic carbocycles. The Hall–Kier alpha value is 0.310. The molecule has 0 heterocycles. The molecule has 0 aliphatic heterocycles. The summed E-state index contributed by atoms with van der Waals surface area (Å²) in [7, 11) is -1.18. The topological polar surface area (TPSA) is 60.7 Å². The molecule has 0 bridgehead atoms. The molecular weight excluding hydrogens is 511 g/mol. The van der Waals surface area contributed by atoms with E-state index in [0.717, 1.165) is 57.8 Å². The van der Waals surface area contributed by atoms with Gasteiger partial charge in [-0.2, -0.15) is 0 Å². The molecule has 3 N–H and O–H groups in total. The third-order valence-electron chi connectivity index (χ3n) is 8.73. The summed E-state index contributed by atoms with van der Waals surface area (Å²) in [6.07, 6.45) is 36.6. The molecule has 0 rings (SSSR count). The van der Waals surface area contributed by atoms with Crippen molar-refractivity contribution in [1.29, 1.82) is 0 Å². The minimum Gasteiger partial charge on any atom is -0.388 e. The SMILES string of the molecule is CCCCCCCCCCCC(O)P(C(O)CCCCCCCCCCC)C(O)CCCCCCCCCCC. The first-order valence-corrected chi connectivity index (χ1v) is 19.9. The van der Waals surface area contributed by atoms with Crippen LogP contribution in [-0.2, 0) is 0 Å². The minimum atomic E-state index is -1.18. The van der Waals surface area contributed by atoms with E-state index in [1.807, 2.05) is 0 Å². The molecule has 242 valence electrons. The lowest BCUT2D eigenvalue weighted by atomic mass is 10.1. The smallest absolute Gasteiger partial charge is 0.0780 e. The molecule has 4 heteroatoms. The van der Waals surface area contributed by atoms with Crippen LogP contribution in [0.2, 0.25) is 0 Å². The largest absolute Gasteiger partial charge is 0.388 e. The van der Waals surface area contributed by atoms with E-state index in [1.54, 1.807) is 0 Å². The van der Waals surface area contributed by atoms with Crippen LogP contribution in [0.5, 0.6) is 0 Å². The van der Waals surface area contributed by atoms with Gasteiger partial charge in [0.25, 0.3) is 0 Å². The van der Waals surface area contributed by atoms with Crippen LogP contribution in [-0.4, -0.2) is 32.9 Å². The van der Waals surface area contributed by atoms with Gasteiger partial charge in [-0.15, -0.1) is 0 Å². The summed E-state index contributed by atoms with van der Waals surface area (Å²) in [4.78, 5) is 0. The second-order valence-corrected chi connectivity index (χ2v) is 15.4. The van der Waals surface area contributed by atoms with Gasteiger partial charge in [-0.1, -0.05) is 194 Å². The fourth-order valence-electron chi connectivity index (χ4n) is 5.96. The maximum absolute atomic E-state index is 11.1. The predicted octanol–water partition coefficient (Wildman–Crippen LogP) is 12.2. The maximum atomic E-state index is 11.1. The highest BCUT2D eigenvalue weighted by Gasteiger charge is 2.32. The van der Waals surface area contributed by atoms with Gasteiger partial charge in [-0.05, 0) is 27.2 Å². The van der Waals surface area contributed by atoms with Crippen LogP contribution in [0, 0.1) is 0 Å². The molecular formula is C36H75O3P. The summed E-state index contributed by atoms with van der Waals surface area (Å²) in [6, 6.07) is 0. The lowest BCUT2D eigenvalue weighted by Gasteiger charge is -2.32. The minimum absolute atomic E-state index is 0.526. The molecule has 3 atom stereocenters. The molecule has 40 heavy (non-hydrogen) atoms. The number of aliphatic hydroxyl groups excluding tert-OH is 3. The number of hydrogen-bond donors (Lipinski definition) is 3. The average molecular weight is 587 g/mol.